The molecule has 3 heteroatoms. The Balaban J connectivity index is 1.90. The van der Waals surface area contributed by atoms with Crippen LogP contribution in [-0.2, 0) is 4.74 Å². The molecular formula is C16H26N2O. The lowest BCUT2D eigenvalue weighted by Crippen LogP contribution is -2.38. The van der Waals surface area contributed by atoms with Crippen molar-refractivity contribution in [3.05, 3.63) is 29.8 Å². The van der Waals surface area contributed by atoms with Crippen molar-refractivity contribution in [1.82, 2.24) is 5.32 Å². The third-order valence-electron chi connectivity index (χ3n) is 3.99. The van der Waals surface area contributed by atoms with Crippen LogP contribution < -0.4 is 10.2 Å². The highest BCUT2D eigenvalue weighted by Gasteiger charge is 2.29. The van der Waals surface area contributed by atoms with Crippen molar-refractivity contribution in [3.63, 3.8) is 0 Å². The van der Waals surface area contributed by atoms with E-state index >= 15 is 0 Å². The number of ether oxygens (including phenoxy) is 1. The van der Waals surface area contributed by atoms with Crippen molar-refractivity contribution >= 4 is 5.69 Å². The summed E-state index contributed by atoms with van der Waals surface area (Å²) in [6.07, 6.45) is 2.34. The van der Waals surface area contributed by atoms with Crippen LogP contribution in [0.1, 0.15) is 38.3 Å². The van der Waals surface area contributed by atoms with Crippen molar-refractivity contribution in [3.8, 4) is 0 Å². The third-order valence-corrected chi connectivity index (χ3v) is 3.99. The molecule has 0 radical (unpaired) electrons. The zero-order chi connectivity index (χ0) is 13.9. The van der Waals surface area contributed by atoms with Gasteiger partial charge in [0.25, 0.3) is 0 Å². The maximum atomic E-state index is 5.81. The van der Waals surface area contributed by atoms with E-state index in [1.54, 1.807) is 0 Å². The molecule has 0 amide bonds. The number of nitrogens with one attached hydrogen (secondary N) is 1. The lowest BCUT2D eigenvalue weighted by molar-refractivity contribution is 0.0191. The number of nitrogens with zero attached hydrogens (tertiary/aromatic N) is 1. The van der Waals surface area contributed by atoms with Gasteiger partial charge in [-0.1, -0.05) is 12.1 Å². The highest BCUT2D eigenvalue weighted by Crippen LogP contribution is 2.25. The minimum absolute atomic E-state index is 0.0256. The van der Waals surface area contributed by atoms with Gasteiger partial charge in [-0.2, -0.15) is 0 Å². The maximum Gasteiger partial charge on any atom is 0.0779 e. The lowest BCUT2D eigenvalue weighted by atomic mass is 10.0. The van der Waals surface area contributed by atoms with Crippen molar-refractivity contribution in [2.75, 3.05) is 32.1 Å². The van der Waals surface area contributed by atoms with Crippen LogP contribution in [0.2, 0.25) is 0 Å². The zero-order valence-electron chi connectivity index (χ0n) is 12.6. The van der Waals surface area contributed by atoms with Crippen LogP contribution in [0.25, 0.3) is 0 Å². The minimum Gasteiger partial charge on any atom is -0.378 e. The van der Waals surface area contributed by atoms with Gasteiger partial charge < -0.3 is 15.0 Å². The Bertz CT molecular complexity index is 394. The molecule has 1 aromatic rings. The van der Waals surface area contributed by atoms with E-state index in [0.29, 0.717) is 6.04 Å². The van der Waals surface area contributed by atoms with E-state index in [2.05, 4.69) is 62.4 Å². The molecule has 106 valence electrons. The summed E-state index contributed by atoms with van der Waals surface area (Å²) in [7, 11) is 4.13. The Hall–Kier alpha value is -1.06. The van der Waals surface area contributed by atoms with Gasteiger partial charge in [-0.05, 0) is 44.4 Å². The smallest absolute Gasteiger partial charge is 0.0779 e. The highest BCUT2D eigenvalue weighted by atomic mass is 16.5. The summed E-state index contributed by atoms with van der Waals surface area (Å²) < 4.78 is 5.81. The normalized spacial score (nSPS) is 24.4. The Labute approximate surface area is 116 Å². The summed E-state index contributed by atoms with van der Waals surface area (Å²) in [5, 5.41) is 3.59. The summed E-state index contributed by atoms with van der Waals surface area (Å²) in [5.41, 5.74) is 2.59. The Morgan fingerprint density at radius 1 is 1.32 bits per heavy atom. The van der Waals surface area contributed by atoms with Crippen molar-refractivity contribution in [2.24, 2.45) is 0 Å². The molecule has 0 aromatic heterocycles. The first kappa shape index (κ1) is 14.4. The summed E-state index contributed by atoms with van der Waals surface area (Å²) in [5.74, 6) is 0. The molecular weight excluding hydrogens is 236 g/mol. The van der Waals surface area contributed by atoms with E-state index in [1.165, 1.54) is 17.7 Å². The van der Waals surface area contributed by atoms with E-state index in [-0.39, 0.29) is 5.60 Å². The van der Waals surface area contributed by atoms with Gasteiger partial charge in [0, 0.05) is 39.0 Å². The summed E-state index contributed by atoms with van der Waals surface area (Å²) in [4.78, 5) is 2.12. The fourth-order valence-corrected chi connectivity index (χ4v) is 2.52. The van der Waals surface area contributed by atoms with Gasteiger partial charge in [0.1, 0.15) is 0 Å². The van der Waals surface area contributed by atoms with E-state index in [0.717, 1.165) is 19.6 Å². The number of benzene rings is 1. The van der Waals surface area contributed by atoms with E-state index in [9.17, 15) is 0 Å². The van der Waals surface area contributed by atoms with Crippen LogP contribution in [0.3, 0.4) is 0 Å². The average molecular weight is 262 g/mol. The Morgan fingerprint density at radius 2 is 2.00 bits per heavy atom. The molecule has 0 bridgehead atoms. The van der Waals surface area contributed by atoms with Gasteiger partial charge in [-0.25, -0.2) is 0 Å². The number of hydrogen-bond acceptors (Lipinski definition) is 3. The third kappa shape index (κ3) is 3.71. The average Bonchev–Trinajstić information content (AvgIpc) is 2.83. The number of hydrogen-bond donors (Lipinski definition) is 1. The lowest BCUT2D eigenvalue weighted by Gasteiger charge is -2.26. The van der Waals surface area contributed by atoms with Crippen LogP contribution >= 0.6 is 0 Å². The van der Waals surface area contributed by atoms with Crippen molar-refractivity contribution in [2.45, 2.75) is 38.3 Å². The Kier molecular flexibility index (Phi) is 4.48. The van der Waals surface area contributed by atoms with Gasteiger partial charge in [-0.15, -0.1) is 0 Å². The largest absolute Gasteiger partial charge is 0.378 e. The van der Waals surface area contributed by atoms with Gasteiger partial charge in [0.05, 0.1) is 5.60 Å². The first-order valence-corrected chi connectivity index (χ1v) is 7.15. The molecule has 2 unspecified atom stereocenters. The topological polar surface area (TPSA) is 24.5 Å². The molecule has 19 heavy (non-hydrogen) atoms. The molecule has 1 saturated heterocycles. The molecule has 1 aliphatic rings. The molecule has 0 spiro atoms. The maximum absolute atomic E-state index is 5.81. The van der Waals surface area contributed by atoms with E-state index in [4.69, 9.17) is 4.74 Å². The number of anilines is 1. The summed E-state index contributed by atoms with van der Waals surface area (Å²) in [6, 6.07) is 9.09. The first-order valence-electron chi connectivity index (χ1n) is 7.15. The summed E-state index contributed by atoms with van der Waals surface area (Å²) in [6.45, 7) is 6.24. The SMILES string of the molecule is CC(NCC1(C)CCCO1)c1ccc(N(C)C)cc1. The minimum atomic E-state index is 0.0256. The van der Waals surface area contributed by atoms with Gasteiger partial charge in [0.15, 0.2) is 0 Å². The second-order valence-electron chi connectivity index (χ2n) is 5.99. The molecule has 1 aliphatic heterocycles. The molecule has 1 fully saturated rings. The predicted octanol–water partition coefficient (Wildman–Crippen LogP) is 2.97. The van der Waals surface area contributed by atoms with Gasteiger partial charge in [0.2, 0.25) is 0 Å². The van der Waals surface area contributed by atoms with Crippen LogP contribution in [0, 0.1) is 0 Å². The van der Waals surface area contributed by atoms with Crippen LogP contribution in [0.4, 0.5) is 5.69 Å². The fraction of sp³-hybridized carbons (Fsp3) is 0.625. The highest BCUT2D eigenvalue weighted by molar-refractivity contribution is 5.46. The Morgan fingerprint density at radius 3 is 2.53 bits per heavy atom. The first-order chi connectivity index (χ1) is 9.00. The van der Waals surface area contributed by atoms with Crippen LogP contribution in [0.5, 0.6) is 0 Å². The standard InChI is InChI=1S/C16H26N2O/c1-13(17-12-16(2)10-5-11-19-16)14-6-8-15(9-7-14)18(3)4/h6-9,13,17H,5,10-12H2,1-4H3. The molecule has 2 atom stereocenters. The molecule has 0 saturated carbocycles. The monoisotopic (exact) mass is 262 g/mol. The molecule has 1 aromatic carbocycles. The molecule has 1 heterocycles. The van der Waals surface area contributed by atoms with Gasteiger partial charge >= 0.3 is 0 Å². The predicted molar refractivity (Wildman–Crippen MR) is 80.8 cm³/mol. The summed E-state index contributed by atoms with van der Waals surface area (Å²) >= 11 is 0. The van der Waals surface area contributed by atoms with E-state index in [1.807, 2.05) is 0 Å². The molecule has 2 rings (SSSR count). The van der Waals surface area contributed by atoms with E-state index < -0.39 is 0 Å². The van der Waals surface area contributed by atoms with Crippen LogP contribution in [-0.4, -0.2) is 32.8 Å². The van der Waals surface area contributed by atoms with Gasteiger partial charge in [-0.3, -0.25) is 0 Å². The molecule has 3 nitrogen and oxygen atoms in total. The second kappa shape index (κ2) is 5.93. The molecule has 0 aliphatic carbocycles. The van der Waals surface area contributed by atoms with Crippen molar-refractivity contribution < 1.29 is 4.74 Å². The number of rotatable bonds is 5. The molecule has 1 N–H and O–H groups in total. The fourth-order valence-electron chi connectivity index (χ4n) is 2.52. The van der Waals surface area contributed by atoms with Crippen molar-refractivity contribution in [1.29, 1.82) is 0 Å². The quantitative estimate of drug-likeness (QED) is 0.883. The second-order valence-corrected chi connectivity index (χ2v) is 5.99. The zero-order valence-corrected chi connectivity index (χ0v) is 12.6. The van der Waals surface area contributed by atoms with Crippen LogP contribution in [0.15, 0.2) is 24.3 Å².